The molecule has 0 aromatic heterocycles. The van der Waals surface area contributed by atoms with Gasteiger partial charge in [0.2, 0.25) is 0 Å². The molecule has 1 N–H and O–H groups in total. The molecule has 0 heterocycles. The minimum atomic E-state index is -0.948. The summed E-state index contributed by atoms with van der Waals surface area (Å²) >= 11 is 3.30. The van der Waals surface area contributed by atoms with Gasteiger partial charge in [0, 0.05) is 10.0 Å². The molecule has 0 radical (unpaired) electrons. The van der Waals surface area contributed by atoms with E-state index >= 15 is 0 Å². The molecule has 2 aromatic carbocycles. The van der Waals surface area contributed by atoms with E-state index in [1.807, 2.05) is 0 Å². The van der Waals surface area contributed by atoms with Crippen molar-refractivity contribution >= 4 is 27.8 Å². The molecule has 23 heavy (non-hydrogen) atoms. The lowest BCUT2D eigenvalue weighted by molar-refractivity contribution is 0.0924. The van der Waals surface area contributed by atoms with Crippen molar-refractivity contribution < 1.29 is 18.7 Å². The van der Waals surface area contributed by atoms with Crippen LogP contribution in [0.25, 0.3) is 0 Å². The Hall–Kier alpha value is -2.21. The zero-order chi connectivity index (χ0) is 16.8. The van der Waals surface area contributed by atoms with Crippen molar-refractivity contribution in [2.24, 2.45) is 0 Å². The second kappa shape index (κ2) is 7.87. The van der Waals surface area contributed by atoms with Crippen LogP contribution in [0.15, 0.2) is 53.0 Å². The van der Waals surface area contributed by atoms with Crippen LogP contribution in [0.1, 0.15) is 28.9 Å². The highest BCUT2D eigenvalue weighted by molar-refractivity contribution is 9.10. The molecular weight excluding hydrogens is 365 g/mol. The number of carbonyl (C=O) groups excluding carboxylic acids is 2. The van der Waals surface area contributed by atoms with Gasteiger partial charge < -0.3 is 10.1 Å². The molecule has 120 valence electrons. The fraction of sp³-hybridized carbons (Fsp3) is 0.176. The van der Waals surface area contributed by atoms with Gasteiger partial charge >= 0.3 is 6.09 Å². The topological polar surface area (TPSA) is 55.4 Å². The Balaban J connectivity index is 2.31. The maximum Gasteiger partial charge on any atom is 0.407 e. The first-order valence-electron chi connectivity index (χ1n) is 6.99. The number of amides is 1. The van der Waals surface area contributed by atoms with Crippen molar-refractivity contribution in [3.8, 4) is 0 Å². The fourth-order valence-corrected chi connectivity index (χ4v) is 2.29. The van der Waals surface area contributed by atoms with Crippen molar-refractivity contribution in [2.75, 3.05) is 6.61 Å². The molecule has 1 amide bonds. The summed E-state index contributed by atoms with van der Waals surface area (Å²) in [4.78, 5) is 24.4. The number of benzene rings is 2. The van der Waals surface area contributed by atoms with Crippen molar-refractivity contribution in [2.45, 2.75) is 13.0 Å². The van der Waals surface area contributed by atoms with E-state index in [2.05, 4.69) is 21.2 Å². The second-order valence-corrected chi connectivity index (χ2v) is 5.64. The largest absolute Gasteiger partial charge is 0.450 e. The SMILES string of the molecule is CCOC(=O)NC(C(=O)c1ccc(Br)cc1)c1ccc(F)cc1. The molecule has 2 rings (SSSR count). The number of ketones is 1. The van der Waals surface area contributed by atoms with Crippen LogP contribution in [0.3, 0.4) is 0 Å². The smallest absolute Gasteiger partial charge is 0.407 e. The molecule has 0 aliphatic heterocycles. The van der Waals surface area contributed by atoms with Gasteiger partial charge in [0.25, 0.3) is 0 Å². The van der Waals surface area contributed by atoms with E-state index in [9.17, 15) is 14.0 Å². The van der Waals surface area contributed by atoms with Crippen molar-refractivity contribution in [1.29, 1.82) is 0 Å². The van der Waals surface area contributed by atoms with Crippen LogP contribution < -0.4 is 5.32 Å². The minimum Gasteiger partial charge on any atom is -0.450 e. The molecule has 6 heteroatoms. The molecule has 0 saturated carbocycles. The number of halogens is 2. The van der Waals surface area contributed by atoms with Crippen LogP contribution in [0.2, 0.25) is 0 Å². The third kappa shape index (κ3) is 4.63. The lowest BCUT2D eigenvalue weighted by Crippen LogP contribution is -2.34. The number of carbonyl (C=O) groups is 2. The molecule has 2 aromatic rings. The van der Waals surface area contributed by atoms with Gasteiger partial charge in [-0.1, -0.05) is 40.2 Å². The highest BCUT2D eigenvalue weighted by atomic mass is 79.9. The number of ether oxygens (including phenoxy) is 1. The zero-order valence-corrected chi connectivity index (χ0v) is 14.0. The van der Waals surface area contributed by atoms with Gasteiger partial charge in [-0.25, -0.2) is 9.18 Å². The van der Waals surface area contributed by atoms with Crippen LogP contribution in [0.4, 0.5) is 9.18 Å². The van der Waals surface area contributed by atoms with Gasteiger partial charge in [-0.2, -0.15) is 0 Å². The molecule has 0 spiro atoms. The summed E-state index contributed by atoms with van der Waals surface area (Å²) in [7, 11) is 0. The van der Waals surface area contributed by atoms with Gasteiger partial charge in [0.1, 0.15) is 11.9 Å². The second-order valence-electron chi connectivity index (χ2n) is 4.72. The third-order valence-corrected chi connectivity index (χ3v) is 3.66. The summed E-state index contributed by atoms with van der Waals surface area (Å²) in [5, 5.41) is 2.52. The van der Waals surface area contributed by atoms with E-state index in [1.54, 1.807) is 31.2 Å². The van der Waals surface area contributed by atoms with E-state index in [1.165, 1.54) is 24.3 Å². The van der Waals surface area contributed by atoms with E-state index in [-0.39, 0.29) is 12.4 Å². The number of nitrogens with one attached hydrogen (secondary N) is 1. The summed E-state index contributed by atoms with van der Waals surface area (Å²) in [6.07, 6.45) is -0.702. The molecule has 1 unspecified atom stereocenters. The van der Waals surface area contributed by atoms with Crippen molar-refractivity contribution in [3.63, 3.8) is 0 Å². The van der Waals surface area contributed by atoms with Crippen LogP contribution in [0.5, 0.6) is 0 Å². The van der Waals surface area contributed by atoms with Crippen LogP contribution in [0, 0.1) is 5.82 Å². The molecule has 0 bridgehead atoms. The quantitative estimate of drug-likeness (QED) is 0.789. The summed E-state index contributed by atoms with van der Waals surface area (Å²) < 4.78 is 18.8. The monoisotopic (exact) mass is 379 g/mol. The summed E-state index contributed by atoms with van der Waals surface area (Å²) in [6, 6.07) is 11.2. The van der Waals surface area contributed by atoms with Gasteiger partial charge in [0.15, 0.2) is 5.78 Å². The van der Waals surface area contributed by atoms with Gasteiger partial charge in [-0.05, 0) is 36.8 Å². The molecule has 0 aliphatic rings. The first-order chi connectivity index (χ1) is 11.0. The Labute approximate surface area is 141 Å². The number of alkyl carbamates (subject to hydrolysis) is 1. The van der Waals surface area contributed by atoms with Crippen LogP contribution in [-0.2, 0) is 4.74 Å². The Morgan fingerprint density at radius 3 is 2.30 bits per heavy atom. The summed E-state index contributed by atoms with van der Waals surface area (Å²) in [5.41, 5.74) is 0.909. The van der Waals surface area contributed by atoms with Gasteiger partial charge in [0.05, 0.1) is 6.61 Å². The average molecular weight is 380 g/mol. The number of rotatable bonds is 5. The Kier molecular flexibility index (Phi) is 5.87. The van der Waals surface area contributed by atoms with Gasteiger partial charge in [-0.3, -0.25) is 4.79 Å². The zero-order valence-electron chi connectivity index (χ0n) is 12.4. The lowest BCUT2D eigenvalue weighted by Gasteiger charge is -2.18. The van der Waals surface area contributed by atoms with E-state index in [0.29, 0.717) is 11.1 Å². The molecule has 4 nitrogen and oxygen atoms in total. The van der Waals surface area contributed by atoms with E-state index in [4.69, 9.17) is 4.74 Å². The van der Waals surface area contributed by atoms with Crippen molar-refractivity contribution in [3.05, 3.63) is 69.9 Å². The van der Waals surface area contributed by atoms with Crippen LogP contribution >= 0.6 is 15.9 Å². The first kappa shape index (κ1) is 17.1. The standard InChI is InChI=1S/C17H15BrFNO3/c1-2-23-17(22)20-15(11-5-9-14(19)10-6-11)16(21)12-3-7-13(18)8-4-12/h3-10,15H,2H2,1H3,(H,20,22). The highest BCUT2D eigenvalue weighted by Gasteiger charge is 2.24. The fourth-order valence-electron chi connectivity index (χ4n) is 2.03. The molecule has 1 atom stereocenters. The maximum atomic E-state index is 13.1. The van der Waals surface area contributed by atoms with E-state index in [0.717, 1.165) is 4.47 Å². The molecule has 0 aliphatic carbocycles. The van der Waals surface area contributed by atoms with Crippen molar-refractivity contribution in [1.82, 2.24) is 5.32 Å². The molecular formula is C17H15BrFNO3. The maximum absolute atomic E-state index is 13.1. The molecule has 0 fully saturated rings. The number of Topliss-reactive ketones (excluding diaryl/α,β-unsaturated/α-hetero) is 1. The predicted octanol–water partition coefficient (Wildman–Crippen LogP) is 4.26. The predicted molar refractivity (Wildman–Crippen MR) is 87.8 cm³/mol. The van der Waals surface area contributed by atoms with Crippen LogP contribution in [-0.4, -0.2) is 18.5 Å². The number of hydrogen-bond acceptors (Lipinski definition) is 3. The van der Waals surface area contributed by atoms with Gasteiger partial charge in [-0.15, -0.1) is 0 Å². The Morgan fingerprint density at radius 1 is 1.13 bits per heavy atom. The number of hydrogen-bond donors (Lipinski definition) is 1. The Morgan fingerprint density at radius 2 is 1.74 bits per heavy atom. The minimum absolute atomic E-state index is 0.189. The average Bonchev–Trinajstić information content (AvgIpc) is 2.54. The summed E-state index contributed by atoms with van der Waals surface area (Å²) in [6.45, 7) is 1.86. The van der Waals surface area contributed by atoms with E-state index < -0.39 is 18.0 Å². The molecule has 0 saturated heterocycles. The normalized spacial score (nSPS) is 11.6. The third-order valence-electron chi connectivity index (χ3n) is 3.13. The summed E-state index contributed by atoms with van der Waals surface area (Å²) in [5.74, 6) is -0.725. The Bertz CT molecular complexity index is 686. The lowest BCUT2D eigenvalue weighted by atomic mass is 9.97. The highest BCUT2D eigenvalue weighted by Crippen LogP contribution is 2.21. The first-order valence-corrected chi connectivity index (χ1v) is 7.79.